The van der Waals surface area contributed by atoms with Gasteiger partial charge in [0.15, 0.2) is 5.78 Å². The van der Waals surface area contributed by atoms with E-state index in [2.05, 4.69) is 0 Å². The summed E-state index contributed by atoms with van der Waals surface area (Å²) in [7, 11) is 0. The van der Waals surface area contributed by atoms with Gasteiger partial charge in [-0.15, -0.1) is 0 Å². The Morgan fingerprint density at radius 3 is 2.58 bits per heavy atom. The topological polar surface area (TPSA) is 107 Å². The summed E-state index contributed by atoms with van der Waals surface area (Å²) >= 11 is 0. The van der Waals surface area contributed by atoms with E-state index in [0.717, 1.165) is 0 Å². The molecule has 0 saturated carbocycles. The predicted octanol–water partition coefficient (Wildman–Crippen LogP) is 0.585. The van der Waals surface area contributed by atoms with Crippen molar-refractivity contribution in [2.24, 2.45) is 5.73 Å². The Kier molecular flexibility index (Phi) is 5.13. The van der Waals surface area contributed by atoms with E-state index in [1.165, 1.54) is 24.3 Å². The minimum atomic E-state index is -0.558. The molecular formula is C12H15N3O4. The molecule has 1 rings (SSSR count). The zero-order valence-electron chi connectivity index (χ0n) is 10.5. The summed E-state index contributed by atoms with van der Waals surface area (Å²) in [4.78, 5) is 34.4. The summed E-state index contributed by atoms with van der Waals surface area (Å²) in [5.74, 6) is -0.805. The monoisotopic (exact) mass is 265 g/mol. The van der Waals surface area contributed by atoms with Crippen LogP contribution in [0.1, 0.15) is 17.3 Å². The molecule has 19 heavy (non-hydrogen) atoms. The van der Waals surface area contributed by atoms with Crippen LogP contribution in [0, 0.1) is 10.1 Å². The van der Waals surface area contributed by atoms with Crippen LogP contribution in [-0.2, 0) is 4.79 Å². The summed E-state index contributed by atoms with van der Waals surface area (Å²) in [6.07, 6.45) is 0. The second-order valence-electron chi connectivity index (χ2n) is 4.00. The number of nitro groups is 1. The second-order valence-corrected chi connectivity index (χ2v) is 4.00. The number of amides is 1. The van der Waals surface area contributed by atoms with Crippen molar-refractivity contribution in [3.8, 4) is 0 Å². The molecule has 0 aliphatic rings. The van der Waals surface area contributed by atoms with Crippen LogP contribution in [0.2, 0.25) is 0 Å². The molecule has 0 aliphatic heterocycles. The van der Waals surface area contributed by atoms with Crippen LogP contribution >= 0.6 is 0 Å². The van der Waals surface area contributed by atoms with Crippen molar-refractivity contribution < 1.29 is 14.5 Å². The Labute approximate surface area is 110 Å². The fraction of sp³-hybridized carbons (Fsp3) is 0.333. The second kappa shape index (κ2) is 6.60. The highest BCUT2D eigenvalue weighted by Gasteiger charge is 2.15. The number of nitrogens with zero attached hydrogens (tertiary/aromatic N) is 2. The lowest BCUT2D eigenvalue weighted by Gasteiger charge is -2.17. The highest BCUT2D eigenvalue weighted by atomic mass is 16.6. The van der Waals surface area contributed by atoms with Crippen molar-refractivity contribution in [3.05, 3.63) is 39.9 Å². The van der Waals surface area contributed by atoms with Crippen LogP contribution in [0.25, 0.3) is 0 Å². The molecule has 1 amide bonds. The van der Waals surface area contributed by atoms with Gasteiger partial charge < -0.3 is 5.73 Å². The number of ketones is 1. The smallest absolute Gasteiger partial charge is 0.270 e. The van der Waals surface area contributed by atoms with Crippen molar-refractivity contribution in [3.63, 3.8) is 0 Å². The number of hydrogen-bond acceptors (Lipinski definition) is 5. The van der Waals surface area contributed by atoms with Gasteiger partial charge in [0.1, 0.15) is 0 Å². The van der Waals surface area contributed by atoms with E-state index >= 15 is 0 Å². The molecule has 0 unspecified atom stereocenters. The summed E-state index contributed by atoms with van der Waals surface area (Å²) in [5.41, 5.74) is 5.18. The normalized spacial score (nSPS) is 10.4. The molecule has 1 aromatic rings. The van der Waals surface area contributed by atoms with Gasteiger partial charge in [-0.25, -0.2) is 0 Å². The van der Waals surface area contributed by atoms with E-state index in [4.69, 9.17) is 5.73 Å². The van der Waals surface area contributed by atoms with Crippen molar-refractivity contribution >= 4 is 17.4 Å². The lowest BCUT2D eigenvalue weighted by molar-refractivity contribution is -0.384. The van der Waals surface area contributed by atoms with Crippen molar-refractivity contribution in [1.82, 2.24) is 4.90 Å². The number of carbonyl (C=O) groups is 2. The molecule has 0 fully saturated rings. The molecule has 0 bridgehead atoms. The highest BCUT2D eigenvalue weighted by molar-refractivity contribution is 5.98. The number of Topliss-reactive ketones (excluding diaryl/α,β-unsaturated/α-hetero) is 1. The molecule has 0 radical (unpaired) electrons. The molecule has 2 N–H and O–H groups in total. The van der Waals surface area contributed by atoms with Crippen molar-refractivity contribution in [2.75, 3.05) is 19.6 Å². The van der Waals surface area contributed by atoms with Gasteiger partial charge in [0.05, 0.1) is 18.0 Å². The van der Waals surface area contributed by atoms with Crippen LogP contribution in [-0.4, -0.2) is 41.1 Å². The quantitative estimate of drug-likeness (QED) is 0.441. The molecule has 0 spiro atoms. The molecule has 0 aromatic heterocycles. The van der Waals surface area contributed by atoms with E-state index in [-0.39, 0.29) is 30.1 Å². The number of nitrogens with two attached hydrogens (primary N) is 1. The lowest BCUT2D eigenvalue weighted by Crippen LogP contribution is -2.37. The predicted molar refractivity (Wildman–Crippen MR) is 68.7 cm³/mol. The van der Waals surface area contributed by atoms with E-state index in [0.29, 0.717) is 6.54 Å². The molecule has 102 valence electrons. The van der Waals surface area contributed by atoms with Gasteiger partial charge in [-0.05, 0) is 6.54 Å². The Morgan fingerprint density at radius 2 is 2.05 bits per heavy atom. The number of rotatable bonds is 7. The third-order valence-corrected chi connectivity index (χ3v) is 2.57. The van der Waals surface area contributed by atoms with Gasteiger partial charge in [-0.2, -0.15) is 0 Å². The van der Waals surface area contributed by atoms with Crippen LogP contribution < -0.4 is 5.73 Å². The van der Waals surface area contributed by atoms with Crippen LogP contribution in [0.3, 0.4) is 0 Å². The first kappa shape index (κ1) is 14.8. The molecule has 0 aliphatic carbocycles. The van der Waals surface area contributed by atoms with Crippen LogP contribution in [0.4, 0.5) is 5.69 Å². The largest absolute Gasteiger partial charge is 0.369 e. The summed E-state index contributed by atoms with van der Waals surface area (Å²) < 4.78 is 0. The molecule has 0 atom stereocenters. The summed E-state index contributed by atoms with van der Waals surface area (Å²) in [6, 6.07) is 5.50. The van der Waals surface area contributed by atoms with Crippen molar-refractivity contribution in [2.45, 2.75) is 6.92 Å². The van der Waals surface area contributed by atoms with Gasteiger partial charge in [-0.1, -0.05) is 19.1 Å². The standard InChI is InChI=1S/C12H15N3O4/c1-2-14(8-12(13)17)7-11(16)9-4-3-5-10(6-9)15(18)19/h3-6H,2,7-8H2,1H3,(H2,13,17). The third kappa shape index (κ3) is 4.47. The van der Waals surface area contributed by atoms with Gasteiger partial charge in [-0.3, -0.25) is 24.6 Å². The number of carbonyl (C=O) groups excluding carboxylic acids is 2. The van der Waals surface area contributed by atoms with E-state index in [1.807, 2.05) is 0 Å². The third-order valence-electron chi connectivity index (χ3n) is 2.57. The van der Waals surface area contributed by atoms with Crippen molar-refractivity contribution in [1.29, 1.82) is 0 Å². The van der Waals surface area contributed by atoms with Gasteiger partial charge in [0, 0.05) is 17.7 Å². The number of benzene rings is 1. The molecule has 1 aromatic carbocycles. The van der Waals surface area contributed by atoms with Crippen LogP contribution in [0.15, 0.2) is 24.3 Å². The van der Waals surface area contributed by atoms with E-state index < -0.39 is 10.8 Å². The van der Waals surface area contributed by atoms with Gasteiger partial charge in [0.25, 0.3) is 5.69 Å². The fourth-order valence-electron chi connectivity index (χ4n) is 1.59. The first-order valence-corrected chi connectivity index (χ1v) is 5.72. The lowest BCUT2D eigenvalue weighted by atomic mass is 10.1. The average molecular weight is 265 g/mol. The summed E-state index contributed by atoms with van der Waals surface area (Å²) in [6.45, 7) is 2.27. The fourth-order valence-corrected chi connectivity index (χ4v) is 1.59. The first-order chi connectivity index (χ1) is 8.93. The number of primary amides is 1. The molecular weight excluding hydrogens is 250 g/mol. The number of likely N-dealkylation sites (N-methyl/N-ethyl adjacent to an activating group) is 1. The summed E-state index contributed by atoms with van der Waals surface area (Å²) in [5, 5.41) is 10.6. The van der Waals surface area contributed by atoms with Crippen LogP contribution in [0.5, 0.6) is 0 Å². The first-order valence-electron chi connectivity index (χ1n) is 5.72. The Hall–Kier alpha value is -2.28. The molecule has 7 heteroatoms. The highest BCUT2D eigenvalue weighted by Crippen LogP contribution is 2.13. The average Bonchev–Trinajstić information content (AvgIpc) is 2.37. The number of nitro benzene ring substituents is 1. The van der Waals surface area contributed by atoms with E-state index in [9.17, 15) is 19.7 Å². The Morgan fingerprint density at radius 1 is 1.37 bits per heavy atom. The number of non-ortho nitro benzene ring substituents is 1. The molecule has 7 nitrogen and oxygen atoms in total. The Balaban J connectivity index is 2.79. The minimum absolute atomic E-state index is 0.000603. The molecule has 0 heterocycles. The van der Waals surface area contributed by atoms with E-state index in [1.54, 1.807) is 11.8 Å². The maximum Gasteiger partial charge on any atom is 0.270 e. The van der Waals surface area contributed by atoms with Gasteiger partial charge in [0.2, 0.25) is 5.91 Å². The SMILES string of the molecule is CCN(CC(N)=O)CC(=O)c1cccc([N+](=O)[O-])c1. The minimum Gasteiger partial charge on any atom is -0.369 e. The number of hydrogen-bond donors (Lipinski definition) is 1. The Bertz CT molecular complexity index is 502. The maximum atomic E-state index is 12.0. The molecule has 0 saturated heterocycles. The van der Waals surface area contributed by atoms with Gasteiger partial charge >= 0.3 is 0 Å². The zero-order chi connectivity index (χ0) is 14.4. The maximum absolute atomic E-state index is 12.0. The zero-order valence-corrected chi connectivity index (χ0v) is 10.5.